The molecule has 0 radical (unpaired) electrons. The molecule has 104 valence electrons. The molecule has 3 rings (SSSR count). The highest BCUT2D eigenvalue weighted by atomic mass is 79.9. The Balaban J connectivity index is 1.80. The monoisotopic (exact) mass is 339 g/mol. The van der Waals surface area contributed by atoms with E-state index in [-0.39, 0.29) is 5.78 Å². The van der Waals surface area contributed by atoms with Gasteiger partial charge in [0.25, 0.3) is 0 Å². The number of Topliss-reactive ketones (excluding diaryl/α,β-unsaturated/α-hetero) is 1. The van der Waals surface area contributed by atoms with Gasteiger partial charge in [-0.1, -0.05) is 42.5 Å². The number of carbonyl (C=O) groups excluding carboxylic acids is 1. The second-order valence-electron chi connectivity index (χ2n) is 5.04. The van der Waals surface area contributed by atoms with Crippen LogP contribution < -0.4 is 0 Å². The van der Waals surface area contributed by atoms with E-state index < -0.39 is 0 Å². The molecule has 0 aliphatic heterocycles. The minimum absolute atomic E-state index is 0.200. The van der Waals surface area contributed by atoms with Gasteiger partial charge in [0.1, 0.15) is 5.78 Å². The maximum atomic E-state index is 12.3. The molecule has 1 aromatic heterocycles. The lowest BCUT2D eigenvalue weighted by atomic mass is 9.98. The van der Waals surface area contributed by atoms with Crippen LogP contribution in [-0.4, -0.2) is 10.8 Å². The van der Waals surface area contributed by atoms with Gasteiger partial charge >= 0.3 is 0 Å². The van der Waals surface area contributed by atoms with Gasteiger partial charge in [0.2, 0.25) is 0 Å². The lowest BCUT2D eigenvalue weighted by Gasteiger charge is -2.06. The van der Waals surface area contributed by atoms with E-state index in [1.165, 1.54) is 5.39 Å². The van der Waals surface area contributed by atoms with E-state index in [0.29, 0.717) is 12.8 Å². The van der Waals surface area contributed by atoms with Gasteiger partial charge in [0, 0.05) is 29.7 Å². The van der Waals surface area contributed by atoms with Crippen molar-refractivity contribution in [1.29, 1.82) is 0 Å². The van der Waals surface area contributed by atoms with Crippen molar-refractivity contribution in [2.45, 2.75) is 12.8 Å². The molecular weight excluding hydrogens is 326 g/mol. The molecule has 0 fully saturated rings. The first kappa shape index (κ1) is 14.0. The minimum atomic E-state index is 0.200. The molecule has 2 nitrogen and oxygen atoms in total. The fraction of sp³-hybridized carbons (Fsp3) is 0.111. The quantitative estimate of drug-likeness (QED) is 0.707. The Labute approximate surface area is 132 Å². The Morgan fingerprint density at radius 2 is 1.81 bits per heavy atom. The molecule has 21 heavy (non-hydrogen) atoms. The number of hydrogen-bond acceptors (Lipinski definition) is 2. The van der Waals surface area contributed by atoms with E-state index >= 15 is 0 Å². The van der Waals surface area contributed by atoms with Crippen LogP contribution in [0.25, 0.3) is 10.8 Å². The molecule has 0 atom stereocenters. The summed E-state index contributed by atoms with van der Waals surface area (Å²) < 4.78 is 0.901. The van der Waals surface area contributed by atoms with Crippen LogP contribution in [0.1, 0.15) is 11.1 Å². The lowest BCUT2D eigenvalue weighted by Crippen LogP contribution is -2.07. The summed E-state index contributed by atoms with van der Waals surface area (Å²) in [6.45, 7) is 0. The van der Waals surface area contributed by atoms with Crippen molar-refractivity contribution in [2.24, 2.45) is 0 Å². The smallest absolute Gasteiger partial charge is 0.141 e. The van der Waals surface area contributed by atoms with Gasteiger partial charge < -0.3 is 0 Å². The van der Waals surface area contributed by atoms with Crippen molar-refractivity contribution in [2.75, 3.05) is 0 Å². The SMILES string of the molecule is O=C(Cc1cncc(Br)c1)Cc1cccc2ccccc12. The van der Waals surface area contributed by atoms with E-state index in [4.69, 9.17) is 0 Å². The molecule has 3 heteroatoms. The Kier molecular flexibility index (Phi) is 4.11. The standard InChI is InChI=1S/C18H14BrNO/c19-16-8-13(11-20-12-16)9-17(21)10-15-6-3-5-14-4-1-2-7-18(14)15/h1-8,11-12H,9-10H2. The molecule has 2 aromatic carbocycles. The number of carbonyl (C=O) groups is 1. The first-order valence-electron chi connectivity index (χ1n) is 6.80. The fourth-order valence-corrected chi connectivity index (χ4v) is 2.91. The number of hydrogen-bond donors (Lipinski definition) is 0. The van der Waals surface area contributed by atoms with E-state index in [0.717, 1.165) is 21.0 Å². The highest BCUT2D eigenvalue weighted by Gasteiger charge is 2.08. The molecule has 0 unspecified atom stereocenters. The van der Waals surface area contributed by atoms with Crippen LogP contribution in [0.15, 0.2) is 65.4 Å². The van der Waals surface area contributed by atoms with E-state index in [1.54, 1.807) is 12.4 Å². The van der Waals surface area contributed by atoms with Crippen molar-refractivity contribution >= 4 is 32.5 Å². The van der Waals surface area contributed by atoms with Crippen LogP contribution in [0, 0.1) is 0 Å². The highest BCUT2D eigenvalue weighted by molar-refractivity contribution is 9.10. The summed E-state index contributed by atoms with van der Waals surface area (Å²) in [6.07, 6.45) is 4.33. The summed E-state index contributed by atoms with van der Waals surface area (Å²) in [5, 5.41) is 2.33. The largest absolute Gasteiger partial charge is 0.299 e. The molecule has 0 N–H and O–H groups in total. The number of nitrogens with zero attached hydrogens (tertiary/aromatic N) is 1. The average molecular weight is 340 g/mol. The van der Waals surface area contributed by atoms with Gasteiger partial charge in [-0.2, -0.15) is 0 Å². The van der Waals surface area contributed by atoms with Crippen molar-refractivity contribution in [3.63, 3.8) is 0 Å². The number of fused-ring (bicyclic) bond motifs is 1. The third-order valence-electron chi connectivity index (χ3n) is 3.43. The molecule has 1 heterocycles. The average Bonchev–Trinajstić information content (AvgIpc) is 2.47. The lowest BCUT2D eigenvalue weighted by molar-refractivity contribution is -0.117. The summed E-state index contributed by atoms with van der Waals surface area (Å²) in [6, 6.07) is 16.2. The molecule has 0 spiro atoms. The molecule has 0 aliphatic carbocycles. The van der Waals surface area contributed by atoms with Crippen molar-refractivity contribution in [3.8, 4) is 0 Å². The molecule has 0 bridgehead atoms. The van der Waals surface area contributed by atoms with Crippen LogP contribution in [0.4, 0.5) is 0 Å². The summed E-state index contributed by atoms with van der Waals surface area (Å²) in [5.74, 6) is 0.200. The van der Waals surface area contributed by atoms with E-state index in [2.05, 4.69) is 39.1 Å². The first-order chi connectivity index (χ1) is 10.2. The van der Waals surface area contributed by atoms with Gasteiger partial charge in [-0.15, -0.1) is 0 Å². The number of benzene rings is 2. The number of aromatic nitrogens is 1. The van der Waals surface area contributed by atoms with Gasteiger partial charge in [-0.05, 0) is 43.9 Å². The van der Waals surface area contributed by atoms with Crippen LogP contribution in [-0.2, 0) is 17.6 Å². The Morgan fingerprint density at radius 3 is 2.67 bits per heavy atom. The Hall–Kier alpha value is -2.00. The van der Waals surface area contributed by atoms with Crippen LogP contribution in [0.2, 0.25) is 0 Å². The van der Waals surface area contributed by atoms with Gasteiger partial charge in [-0.25, -0.2) is 0 Å². The summed E-state index contributed by atoms with van der Waals surface area (Å²) in [5.41, 5.74) is 2.02. The van der Waals surface area contributed by atoms with E-state index in [9.17, 15) is 4.79 Å². The number of halogens is 1. The minimum Gasteiger partial charge on any atom is -0.299 e. The van der Waals surface area contributed by atoms with Gasteiger partial charge in [0.15, 0.2) is 0 Å². The van der Waals surface area contributed by atoms with Crippen molar-refractivity contribution in [1.82, 2.24) is 4.98 Å². The number of ketones is 1. The topological polar surface area (TPSA) is 30.0 Å². The van der Waals surface area contributed by atoms with Gasteiger partial charge in [-0.3, -0.25) is 9.78 Å². The molecule has 3 aromatic rings. The predicted molar refractivity (Wildman–Crippen MR) is 88.3 cm³/mol. The highest BCUT2D eigenvalue weighted by Crippen LogP contribution is 2.19. The summed E-state index contributed by atoms with van der Waals surface area (Å²) in [4.78, 5) is 16.4. The Bertz CT molecular complexity index is 793. The molecule has 0 saturated heterocycles. The Morgan fingerprint density at radius 1 is 1.00 bits per heavy atom. The van der Waals surface area contributed by atoms with Gasteiger partial charge in [0.05, 0.1) is 0 Å². The second kappa shape index (κ2) is 6.19. The van der Waals surface area contributed by atoms with Crippen LogP contribution in [0.3, 0.4) is 0 Å². The van der Waals surface area contributed by atoms with Crippen molar-refractivity contribution < 1.29 is 4.79 Å². The zero-order valence-corrected chi connectivity index (χ0v) is 13.0. The first-order valence-corrected chi connectivity index (χ1v) is 7.59. The molecule has 0 amide bonds. The normalized spacial score (nSPS) is 10.7. The summed E-state index contributed by atoms with van der Waals surface area (Å²) >= 11 is 3.38. The molecule has 0 aliphatic rings. The number of pyridine rings is 1. The van der Waals surface area contributed by atoms with Crippen LogP contribution in [0.5, 0.6) is 0 Å². The predicted octanol–water partition coefficient (Wildman–Crippen LogP) is 4.35. The zero-order chi connectivity index (χ0) is 14.7. The molecule has 0 saturated carbocycles. The van der Waals surface area contributed by atoms with Crippen LogP contribution >= 0.6 is 15.9 Å². The second-order valence-corrected chi connectivity index (χ2v) is 5.96. The van der Waals surface area contributed by atoms with Crippen molar-refractivity contribution in [3.05, 3.63) is 76.5 Å². The number of rotatable bonds is 4. The zero-order valence-electron chi connectivity index (χ0n) is 11.4. The fourth-order valence-electron chi connectivity index (χ4n) is 2.50. The summed E-state index contributed by atoms with van der Waals surface area (Å²) in [7, 11) is 0. The third-order valence-corrected chi connectivity index (χ3v) is 3.86. The maximum Gasteiger partial charge on any atom is 0.141 e. The van der Waals surface area contributed by atoms with E-state index in [1.807, 2.05) is 30.3 Å². The maximum absolute atomic E-state index is 12.3. The third kappa shape index (κ3) is 3.37. The molecular formula is C18H14BrNO.